The Balaban J connectivity index is 1.76. The van der Waals surface area contributed by atoms with Crippen LogP contribution in [0.3, 0.4) is 0 Å². The molecule has 0 aliphatic heterocycles. The lowest BCUT2D eigenvalue weighted by Crippen LogP contribution is -1.98. The molecule has 0 saturated heterocycles. The minimum absolute atomic E-state index is 0.304. The molecule has 0 bridgehead atoms. The zero-order chi connectivity index (χ0) is 18.4. The first-order valence-corrected chi connectivity index (χ1v) is 8.60. The van der Waals surface area contributed by atoms with E-state index in [1.54, 1.807) is 0 Å². The minimum atomic E-state index is 0.304. The summed E-state index contributed by atoms with van der Waals surface area (Å²) in [5.74, 6) is 0.304. The molecular formula is C22H22N4. The molecule has 4 heteroatoms. The van der Waals surface area contributed by atoms with Crippen molar-refractivity contribution in [2.75, 3.05) is 22.9 Å². The third-order valence-electron chi connectivity index (χ3n) is 5.17. The monoisotopic (exact) mass is 342 g/mol. The highest BCUT2D eigenvalue weighted by molar-refractivity contribution is 5.93. The quantitative estimate of drug-likeness (QED) is 0.520. The average Bonchev–Trinajstić information content (AvgIpc) is 2.96. The topological polar surface area (TPSA) is 104 Å². The van der Waals surface area contributed by atoms with Gasteiger partial charge in [0, 0.05) is 5.92 Å². The number of nitrogen functional groups attached to an aromatic ring is 4. The van der Waals surface area contributed by atoms with Gasteiger partial charge in [-0.3, -0.25) is 0 Å². The van der Waals surface area contributed by atoms with E-state index in [-0.39, 0.29) is 0 Å². The largest absolute Gasteiger partial charge is 0.397 e. The predicted molar refractivity (Wildman–Crippen MR) is 112 cm³/mol. The molecule has 0 saturated carbocycles. The number of hydrogen-bond acceptors (Lipinski definition) is 4. The second-order valence-corrected chi connectivity index (χ2v) is 6.85. The van der Waals surface area contributed by atoms with Gasteiger partial charge in [0.1, 0.15) is 0 Å². The van der Waals surface area contributed by atoms with E-state index < -0.39 is 0 Å². The van der Waals surface area contributed by atoms with Crippen LogP contribution in [-0.4, -0.2) is 0 Å². The van der Waals surface area contributed by atoms with E-state index in [9.17, 15) is 0 Å². The van der Waals surface area contributed by atoms with E-state index in [1.807, 2.05) is 36.4 Å². The number of fused-ring (bicyclic) bond motifs is 1. The number of nitrogens with two attached hydrogens (primary N) is 4. The van der Waals surface area contributed by atoms with Gasteiger partial charge in [-0.15, -0.1) is 0 Å². The summed E-state index contributed by atoms with van der Waals surface area (Å²) in [5, 5.41) is 0. The summed E-state index contributed by atoms with van der Waals surface area (Å²) in [6, 6.07) is 18.1. The molecule has 0 spiro atoms. The van der Waals surface area contributed by atoms with Crippen LogP contribution in [0.4, 0.5) is 22.7 Å². The second-order valence-electron chi connectivity index (χ2n) is 6.85. The van der Waals surface area contributed by atoms with Crippen molar-refractivity contribution in [1.82, 2.24) is 0 Å². The van der Waals surface area contributed by atoms with Crippen LogP contribution in [0.1, 0.15) is 29.5 Å². The SMILES string of the molecule is C[C@@H]1C(c2ccc(N)c(N)c2)=Cc2cc(-c3ccc(N)c(N)c3)ccc21. The second kappa shape index (κ2) is 5.85. The van der Waals surface area contributed by atoms with Crippen LogP contribution in [-0.2, 0) is 0 Å². The lowest BCUT2D eigenvalue weighted by atomic mass is 9.92. The van der Waals surface area contributed by atoms with Crippen molar-refractivity contribution in [3.8, 4) is 11.1 Å². The molecule has 130 valence electrons. The Morgan fingerprint density at radius 2 is 1.15 bits per heavy atom. The third kappa shape index (κ3) is 2.56. The Kier molecular flexibility index (Phi) is 3.62. The molecule has 0 aromatic heterocycles. The maximum absolute atomic E-state index is 5.99. The Morgan fingerprint density at radius 1 is 0.615 bits per heavy atom. The predicted octanol–water partition coefficient (Wildman–Crippen LogP) is 4.34. The normalized spacial score (nSPS) is 15.6. The zero-order valence-electron chi connectivity index (χ0n) is 14.7. The summed E-state index contributed by atoms with van der Waals surface area (Å²) in [6.45, 7) is 2.21. The Labute approximate surface area is 153 Å². The highest BCUT2D eigenvalue weighted by Gasteiger charge is 2.23. The minimum Gasteiger partial charge on any atom is -0.397 e. The van der Waals surface area contributed by atoms with Crippen molar-refractivity contribution >= 4 is 34.4 Å². The van der Waals surface area contributed by atoms with Gasteiger partial charge in [0.2, 0.25) is 0 Å². The molecule has 0 amide bonds. The summed E-state index contributed by atoms with van der Waals surface area (Å²) < 4.78 is 0. The number of rotatable bonds is 2. The molecule has 4 nitrogen and oxygen atoms in total. The number of anilines is 4. The van der Waals surface area contributed by atoms with Crippen molar-refractivity contribution < 1.29 is 0 Å². The van der Waals surface area contributed by atoms with Crippen molar-refractivity contribution in [2.45, 2.75) is 12.8 Å². The standard InChI is InChI=1S/C22H22N4/c1-12-17-5-2-13(14-3-6-19(23)21(25)10-14)8-16(17)9-18(12)15-4-7-20(24)22(26)11-15/h2-12H,23-26H2,1H3/t12-/m0/s1. The van der Waals surface area contributed by atoms with E-state index in [2.05, 4.69) is 31.2 Å². The Morgan fingerprint density at radius 3 is 1.81 bits per heavy atom. The summed E-state index contributed by atoms with van der Waals surface area (Å²) >= 11 is 0. The number of allylic oxidation sites excluding steroid dienone is 1. The summed E-state index contributed by atoms with van der Waals surface area (Å²) in [6.07, 6.45) is 2.23. The first-order valence-electron chi connectivity index (χ1n) is 8.60. The molecule has 0 radical (unpaired) electrons. The molecule has 1 aliphatic rings. The van der Waals surface area contributed by atoms with Crippen LogP contribution >= 0.6 is 0 Å². The first-order chi connectivity index (χ1) is 12.4. The van der Waals surface area contributed by atoms with Crippen LogP contribution in [0.2, 0.25) is 0 Å². The molecule has 1 atom stereocenters. The fourth-order valence-corrected chi connectivity index (χ4v) is 3.58. The van der Waals surface area contributed by atoms with Crippen molar-refractivity contribution in [3.05, 3.63) is 71.3 Å². The third-order valence-corrected chi connectivity index (χ3v) is 5.17. The average molecular weight is 342 g/mol. The van der Waals surface area contributed by atoms with Gasteiger partial charge in [-0.2, -0.15) is 0 Å². The van der Waals surface area contributed by atoms with E-state index in [0.29, 0.717) is 28.7 Å². The van der Waals surface area contributed by atoms with Crippen LogP contribution in [0.25, 0.3) is 22.8 Å². The lowest BCUT2D eigenvalue weighted by Gasteiger charge is -2.13. The first kappa shape index (κ1) is 16.1. The molecule has 0 fully saturated rings. The van der Waals surface area contributed by atoms with Crippen LogP contribution in [0.5, 0.6) is 0 Å². The smallest absolute Gasteiger partial charge is 0.0554 e. The Hall–Kier alpha value is -3.40. The molecular weight excluding hydrogens is 320 g/mol. The lowest BCUT2D eigenvalue weighted by molar-refractivity contribution is 1.01. The van der Waals surface area contributed by atoms with Crippen LogP contribution < -0.4 is 22.9 Å². The summed E-state index contributed by atoms with van der Waals surface area (Å²) in [4.78, 5) is 0. The number of benzene rings is 3. The van der Waals surface area contributed by atoms with E-state index in [4.69, 9.17) is 22.9 Å². The van der Waals surface area contributed by atoms with Crippen LogP contribution in [0.15, 0.2) is 54.6 Å². The highest BCUT2D eigenvalue weighted by atomic mass is 14.7. The molecule has 26 heavy (non-hydrogen) atoms. The highest BCUT2D eigenvalue weighted by Crippen LogP contribution is 2.43. The van der Waals surface area contributed by atoms with Crippen molar-refractivity contribution in [3.63, 3.8) is 0 Å². The molecule has 4 rings (SSSR count). The molecule has 0 heterocycles. The van der Waals surface area contributed by atoms with Gasteiger partial charge in [-0.05, 0) is 63.7 Å². The maximum atomic E-state index is 5.99. The molecule has 0 unspecified atom stereocenters. The van der Waals surface area contributed by atoms with Gasteiger partial charge in [0.15, 0.2) is 0 Å². The summed E-state index contributed by atoms with van der Waals surface area (Å²) in [7, 11) is 0. The Bertz CT molecular complexity index is 1050. The van der Waals surface area contributed by atoms with Gasteiger partial charge in [-0.1, -0.05) is 37.3 Å². The van der Waals surface area contributed by atoms with Gasteiger partial charge in [0.25, 0.3) is 0 Å². The molecule has 3 aromatic rings. The molecule has 3 aromatic carbocycles. The van der Waals surface area contributed by atoms with Gasteiger partial charge < -0.3 is 22.9 Å². The van der Waals surface area contributed by atoms with Gasteiger partial charge in [0.05, 0.1) is 22.7 Å². The van der Waals surface area contributed by atoms with Gasteiger partial charge in [-0.25, -0.2) is 0 Å². The van der Waals surface area contributed by atoms with Gasteiger partial charge >= 0.3 is 0 Å². The van der Waals surface area contributed by atoms with Crippen molar-refractivity contribution in [1.29, 1.82) is 0 Å². The fraction of sp³-hybridized carbons (Fsp3) is 0.0909. The van der Waals surface area contributed by atoms with Crippen LogP contribution in [0, 0.1) is 0 Å². The zero-order valence-corrected chi connectivity index (χ0v) is 14.7. The molecule has 8 N–H and O–H groups in total. The molecule has 1 aliphatic carbocycles. The van der Waals surface area contributed by atoms with Crippen molar-refractivity contribution in [2.24, 2.45) is 0 Å². The maximum Gasteiger partial charge on any atom is 0.0554 e. The van der Waals surface area contributed by atoms with E-state index in [0.717, 1.165) is 16.7 Å². The van der Waals surface area contributed by atoms with E-state index >= 15 is 0 Å². The fourth-order valence-electron chi connectivity index (χ4n) is 3.58. The van der Waals surface area contributed by atoms with E-state index in [1.165, 1.54) is 16.7 Å². The summed E-state index contributed by atoms with van der Waals surface area (Å²) in [5.41, 5.74) is 33.1. The number of hydrogen-bond donors (Lipinski definition) is 4.